The Bertz CT molecular complexity index is 354. The highest BCUT2D eigenvalue weighted by Crippen LogP contribution is 2.15. The number of nitrogens with two attached hydrogens (primary N) is 1. The van der Waals surface area contributed by atoms with Crippen LogP contribution in [0.25, 0.3) is 0 Å². The van der Waals surface area contributed by atoms with Crippen LogP contribution in [0, 0.1) is 6.92 Å². The smallest absolute Gasteiger partial charge is 0.359 e. The summed E-state index contributed by atoms with van der Waals surface area (Å²) in [6.07, 6.45) is 0. The number of aromatic nitrogens is 2. The molecule has 0 spiro atoms. The number of rotatable bonds is 1. The summed E-state index contributed by atoms with van der Waals surface area (Å²) in [5.74, 6) is -0.620. The highest BCUT2D eigenvalue weighted by molar-refractivity contribution is 6.28. The van der Waals surface area contributed by atoms with Gasteiger partial charge in [0.2, 0.25) is 5.28 Å². The lowest BCUT2D eigenvalue weighted by Gasteiger charge is -2.04. The molecule has 1 aromatic heterocycles. The molecule has 0 aliphatic carbocycles. The Morgan fingerprint density at radius 2 is 2.15 bits per heavy atom. The zero-order valence-corrected chi connectivity index (χ0v) is 7.92. The van der Waals surface area contributed by atoms with Crippen LogP contribution in [0.4, 0.5) is 5.69 Å². The number of carbonyl (C=O) groups is 1. The van der Waals surface area contributed by atoms with E-state index in [0.29, 0.717) is 5.69 Å². The van der Waals surface area contributed by atoms with Crippen LogP contribution in [0.2, 0.25) is 5.28 Å². The second kappa shape index (κ2) is 3.57. The largest absolute Gasteiger partial charge is 0.464 e. The van der Waals surface area contributed by atoms with Gasteiger partial charge in [-0.05, 0) is 18.5 Å². The number of nitrogen functional groups attached to an aromatic ring is 1. The Morgan fingerprint density at radius 3 is 2.69 bits per heavy atom. The molecule has 0 aromatic carbocycles. The molecule has 2 N–H and O–H groups in total. The Balaban J connectivity index is 3.28. The summed E-state index contributed by atoms with van der Waals surface area (Å²) in [4.78, 5) is 18.5. The molecule has 1 heterocycles. The van der Waals surface area contributed by atoms with E-state index in [0.717, 1.165) is 0 Å². The lowest BCUT2D eigenvalue weighted by molar-refractivity contribution is 0.0595. The van der Waals surface area contributed by atoms with Gasteiger partial charge in [0.05, 0.1) is 18.5 Å². The standard InChI is InChI=1S/C7H8ClN3O2/c1-3-4(9)5(6(12)13-2)11-7(8)10-3/h9H2,1-2H3. The summed E-state index contributed by atoms with van der Waals surface area (Å²) in [5, 5.41) is -0.0212. The van der Waals surface area contributed by atoms with Crippen molar-refractivity contribution in [2.75, 3.05) is 12.8 Å². The first-order chi connectivity index (χ1) is 6.06. The third-order valence-corrected chi connectivity index (χ3v) is 1.66. The van der Waals surface area contributed by atoms with Gasteiger partial charge in [-0.25, -0.2) is 14.8 Å². The predicted octanol–water partition coefficient (Wildman–Crippen LogP) is 0.807. The van der Waals surface area contributed by atoms with E-state index in [-0.39, 0.29) is 16.7 Å². The Morgan fingerprint density at radius 1 is 1.54 bits per heavy atom. The molecule has 0 saturated carbocycles. The second-order valence-corrected chi connectivity index (χ2v) is 2.67. The Hall–Kier alpha value is -1.36. The van der Waals surface area contributed by atoms with Crippen molar-refractivity contribution in [3.63, 3.8) is 0 Å². The fourth-order valence-corrected chi connectivity index (χ4v) is 1.01. The van der Waals surface area contributed by atoms with Gasteiger partial charge in [0.25, 0.3) is 0 Å². The van der Waals surface area contributed by atoms with Crippen molar-refractivity contribution in [1.29, 1.82) is 0 Å². The maximum absolute atomic E-state index is 11.1. The molecule has 0 bridgehead atoms. The topological polar surface area (TPSA) is 78.1 Å². The summed E-state index contributed by atoms with van der Waals surface area (Å²) in [7, 11) is 1.24. The van der Waals surface area contributed by atoms with E-state index in [2.05, 4.69) is 14.7 Å². The first kappa shape index (κ1) is 9.73. The molecule has 0 fully saturated rings. The molecular weight excluding hydrogens is 194 g/mol. The average molecular weight is 202 g/mol. The number of methoxy groups -OCH3 is 1. The van der Waals surface area contributed by atoms with Gasteiger partial charge < -0.3 is 10.5 Å². The summed E-state index contributed by atoms with van der Waals surface area (Å²) >= 11 is 5.54. The quantitative estimate of drug-likeness (QED) is 0.537. The van der Waals surface area contributed by atoms with Gasteiger partial charge in [-0.15, -0.1) is 0 Å². The first-order valence-electron chi connectivity index (χ1n) is 3.44. The highest BCUT2D eigenvalue weighted by Gasteiger charge is 2.15. The second-order valence-electron chi connectivity index (χ2n) is 2.33. The minimum atomic E-state index is -0.620. The van der Waals surface area contributed by atoms with Crippen LogP contribution in [0.5, 0.6) is 0 Å². The summed E-state index contributed by atoms with van der Waals surface area (Å²) in [5.41, 5.74) is 6.19. The van der Waals surface area contributed by atoms with Crippen molar-refractivity contribution in [2.45, 2.75) is 6.92 Å². The van der Waals surface area contributed by atoms with Crippen LogP contribution >= 0.6 is 11.6 Å². The molecule has 13 heavy (non-hydrogen) atoms. The molecule has 0 amide bonds. The number of halogens is 1. The predicted molar refractivity (Wildman–Crippen MR) is 47.5 cm³/mol. The number of hydrogen-bond donors (Lipinski definition) is 1. The zero-order chi connectivity index (χ0) is 10.0. The van der Waals surface area contributed by atoms with E-state index >= 15 is 0 Å². The molecule has 0 radical (unpaired) electrons. The zero-order valence-electron chi connectivity index (χ0n) is 7.17. The Labute approximate surface area is 79.9 Å². The number of ether oxygens (including phenoxy) is 1. The van der Waals surface area contributed by atoms with E-state index in [4.69, 9.17) is 17.3 Å². The highest BCUT2D eigenvalue weighted by atomic mass is 35.5. The van der Waals surface area contributed by atoms with Gasteiger partial charge >= 0.3 is 5.97 Å². The minimum Gasteiger partial charge on any atom is -0.464 e. The van der Waals surface area contributed by atoms with Crippen molar-refractivity contribution in [2.24, 2.45) is 0 Å². The third-order valence-electron chi connectivity index (χ3n) is 1.49. The summed E-state index contributed by atoms with van der Waals surface area (Å²) < 4.78 is 4.46. The van der Waals surface area contributed by atoms with E-state index < -0.39 is 5.97 Å². The van der Waals surface area contributed by atoms with Gasteiger partial charge in [0.1, 0.15) is 0 Å². The van der Waals surface area contributed by atoms with Crippen LogP contribution in [-0.2, 0) is 4.74 Å². The van der Waals surface area contributed by atoms with Crippen molar-refractivity contribution < 1.29 is 9.53 Å². The molecule has 0 aliphatic rings. The Kier molecular flexibility index (Phi) is 2.67. The fourth-order valence-electron chi connectivity index (χ4n) is 0.800. The molecule has 0 unspecified atom stereocenters. The fraction of sp³-hybridized carbons (Fsp3) is 0.286. The van der Waals surface area contributed by atoms with Crippen molar-refractivity contribution in [1.82, 2.24) is 9.97 Å². The van der Waals surface area contributed by atoms with Crippen molar-refractivity contribution in [3.05, 3.63) is 16.7 Å². The van der Waals surface area contributed by atoms with Gasteiger partial charge in [-0.1, -0.05) is 0 Å². The molecule has 0 aliphatic heterocycles. The van der Waals surface area contributed by atoms with Crippen LogP contribution in [-0.4, -0.2) is 23.0 Å². The number of aryl methyl sites for hydroxylation is 1. The molecule has 0 atom stereocenters. The van der Waals surface area contributed by atoms with Crippen molar-refractivity contribution >= 4 is 23.3 Å². The normalized spacial score (nSPS) is 9.77. The molecule has 0 saturated heterocycles. The van der Waals surface area contributed by atoms with Crippen LogP contribution in [0.1, 0.15) is 16.2 Å². The van der Waals surface area contributed by atoms with E-state index in [1.165, 1.54) is 7.11 Å². The lowest BCUT2D eigenvalue weighted by Crippen LogP contribution is -2.11. The number of nitrogens with zero attached hydrogens (tertiary/aromatic N) is 2. The van der Waals surface area contributed by atoms with Crippen LogP contribution < -0.4 is 5.73 Å². The third kappa shape index (κ3) is 1.86. The van der Waals surface area contributed by atoms with Crippen LogP contribution in [0.15, 0.2) is 0 Å². The molecule has 1 rings (SSSR count). The average Bonchev–Trinajstić information content (AvgIpc) is 2.10. The molecule has 1 aromatic rings. The SMILES string of the molecule is COC(=O)c1nc(Cl)nc(C)c1N. The molecular formula is C7H8ClN3O2. The van der Waals surface area contributed by atoms with Gasteiger partial charge in [0, 0.05) is 0 Å². The number of hydrogen-bond acceptors (Lipinski definition) is 5. The van der Waals surface area contributed by atoms with Gasteiger partial charge in [-0.2, -0.15) is 0 Å². The minimum absolute atomic E-state index is 0.000000000000000444. The maximum Gasteiger partial charge on any atom is 0.359 e. The van der Waals surface area contributed by atoms with Gasteiger partial charge in [0.15, 0.2) is 5.69 Å². The number of carbonyl (C=O) groups excluding carboxylic acids is 1. The first-order valence-corrected chi connectivity index (χ1v) is 3.82. The summed E-state index contributed by atoms with van der Waals surface area (Å²) in [6, 6.07) is 0. The summed E-state index contributed by atoms with van der Waals surface area (Å²) in [6.45, 7) is 1.63. The molecule has 6 heteroatoms. The van der Waals surface area contributed by atoms with Crippen LogP contribution in [0.3, 0.4) is 0 Å². The molecule has 70 valence electrons. The van der Waals surface area contributed by atoms with E-state index in [9.17, 15) is 4.79 Å². The van der Waals surface area contributed by atoms with E-state index in [1.54, 1.807) is 6.92 Å². The lowest BCUT2D eigenvalue weighted by atomic mass is 10.3. The van der Waals surface area contributed by atoms with Crippen molar-refractivity contribution in [3.8, 4) is 0 Å². The maximum atomic E-state index is 11.1. The monoisotopic (exact) mass is 201 g/mol. The number of anilines is 1. The van der Waals surface area contributed by atoms with Gasteiger partial charge in [-0.3, -0.25) is 0 Å². The molecule has 5 nitrogen and oxygen atoms in total. The van der Waals surface area contributed by atoms with E-state index in [1.807, 2.05) is 0 Å². The number of esters is 1.